The van der Waals surface area contributed by atoms with Crippen LogP contribution in [0.2, 0.25) is 5.02 Å². The molecule has 2 heterocycles. The zero-order valence-electron chi connectivity index (χ0n) is 13.4. The van der Waals surface area contributed by atoms with E-state index in [1.54, 1.807) is 0 Å². The maximum absolute atomic E-state index is 12.0. The van der Waals surface area contributed by atoms with Crippen LogP contribution in [0.3, 0.4) is 0 Å². The predicted octanol–water partition coefficient (Wildman–Crippen LogP) is 2.62. The van der Waals surface area contributed by atoms with Crippen LogP contribution >= 0.6 is 23.4 Å². The Bertz CT molecular complexity index is 699. The third-order valence-corrected chi connectivity index (χ3v) is 4.94. The number of aromatic nitrogens is 3. The van der Waals surface area contributed by atoms with Gasteiger partial charge in [0.15, 0.2) is 5.16 Å². The Kier molecular flexibility index (Phi) is 5.76. The zero-order chi connectivity index (χ0) is 16.9. The van der Waals surface area contributed by atoms with Crippen LogP contribution in [0.15, 0.2) is 29.4 Å². The zero-order valence-corrected chi connectivity index (χ0v) is 14.9. The molecule has 1 aromatic heterocycles. The minimum absolute atomic E-state index is 0.0289. The van der Waals surface area contributed by atoms with Crippen LogP contribution in [0, 0.1) is 6.92 Å². The number of ether oxygens (including phenoxy) is 1. The summed E-state index contributed by atoms with van der Waals surface area (Å²) in [5, 5.41) is 12.5. The number of rotatable bonds is 6. The van der Waals surface area contributed by atoms with Crippen LogP contribution in [-0.2, 0) is 9.53 Å². The van der Waals surface area contributed by atoms with Gasteiger partial charge in [0.25, 0.3) is 0 Å². The van der Waals surface area contributed by atoms with E-state index in [-0.39, 0.29) is 12.0 Å². The van der Waals surface area contributed by atoms with E-state index in [1.165, 1.54) is 11.8 Å². The molecular weight excluding hydrogens is 348 g/mol. The van der Waals surface area contributed by atoms with Gasteiger partial charge in [-0.2, -0.15) is 0 Å². The number of amides is 1. The first-order chi connectivity index (χ1) is 11.6. The number of thioether (sulfide) groups is 1. The molecule has 0 bridgehead atoms. The van der Waals surface area contributed by atoms with E-state index < -0.39 is 0 Å². The summed E-state index contributed by atoms with van der Waals surface area (Å²) in [5.41, 5.74) is 0.921. The van der Waals surface area contributed by atoms with E-state index in [4.69, 9.17) is 16.3 Å². The molecule has 1 saturated heterocycles. The number of nitrogens with zero attached hydrogens (tertiary/aromatic N) is 3. The van der Waals surface area contributed by atoms with Gasteiger partial charge in [0.1, 0.15) is 5.82 Å². The highest BCUT2D eigenvalue weighted by Gasteiger charge is 2.17. The number of nitrogens with one attached hydrogen (secondary N) is 1. The second-order valence-corrected chi connectivity index (χ2v) is 6.95. The SMILES string of the molecule is Cc1nnc(SCC(=O)NC[C@@H]2CCCO2)n1-c1ccc(Cl)cc1. The largest absolute Gasteiger partial charge is 0.376 e. The summed E-state index contributed by atoms with van der Waals surface area (Å²) in [5.74, 6) is 1.02. The fourth-order valence-corrected chi connectivity index (χ4v) is 3.49. The number of hydrogen-bond donors (Lipinski definition) is 1. The molecule has 24 heavy (non-hydrogen) atoms. The molecule has 0 aliphatic carbocycles. The monoisotopic (exact) mass is 366 g/mol. The van der Waals surface area contributed by atoms with E-state index >= 15 is 0 Å². The number of hydrogen-bond acceptors (Lipinski definition) is 5. The normalized spacial score (nSPS) is 17.2. The van der Waals surface area contributed by atoms with Gasteiger partial charge >= 0.3 is 0 Å². The van der Waals surface area contributed by atoms with Crippen molar-refractivity contribution in [2.75, 3.05) is 18.9 Å². The third kappa shape index (κ3) is 4.28. The van der Waals surface area contributed by atoms with Crippen LogP contribution in [0.1, 0.15) is 18.7 Å². The van der Waals surface area contributed by atoms with E-state index in [9.17, 15) is 4.79 Å². The fraction of sp³-hybridized carbons (Fsp3) is 0.438. The molecule has 1 aliphatic heterocycles. The summed E-state index contributed by atoms with van der Waals surface area (Å²) in [6.07, 6.45) is 2.23. The molecule has 0 spiro atoms. The van der Waals surface area contributed by atoms with Gasteiger partial charge in [-0.1, -0.05) is 23.4 Å². The van der Waals surface area contributed by atoms with Crippen molar-refractivity contribution in [3.63, 3.8) is 0 Å². The predicted molar refractivity (Wildman–Crippen MR) is 93.8 cm³/mol. The first kappa shape index (κ1) is 17.3. The molecule has 0 unspecified atom stereocenters. The van der Waals surface area contributed by atoms with Gasteiger partial charge in [-0.25, -0.2) is 0 Å². The van der Waals surface area contributed by atoms with Gasteiger partial charge in [0.05, 0.1) is 11.9 Å². The van der Waals surface area contributed by atoms with Crippen LogP contribution in [0.25, 0.3) is 5.69 Å². The molecule has 8 heteroatoms. The minimum Gasteiger partial charge on any atom is -0.376 e. The Labute approximate surface area is 149 Å². The lowest BCUT2D eigenvalue weighted by Gasteiger charge is -2.11. The van der Waals surface area contributed by atoms with Crippen molar-refractivity contribution >= 4 is 29.3 Å². The van der Waals surface area contributed by atoms with Gasteiger partial charge in [-0.3, -0.25) is 9.36 Å². The van der Waals surface area contributed by atoms with Crippen molar-refractivity contribution in [2.45, 2.75) is 31.0 Å². The Balaban J connectivity index is 1.59. The van der Waals surface area contributed by atoms with E-state index in [0.717, 1.165) is 31.0 Å². The van der Waals surface area contributed by atoms with Crippen molar-refractivity contribution < 1.29 is 9.53 Å². The summed E-state index contributed by atoms with van der Waals surface area (Å²) < 4.78 is 7.41. The first-order valence-corrected chi connectivity index (χ1v) is 9.19. The minimum atomic E-state index is -0.0289. The second kappa shape index (κ2) is 8.00. The van der Waals surface area contributed by atoms with Crippen LogP contribution < -0.4 is 5.32 Å². The Morgan fingerprint density at radius 3 is 2.92 bits per heavy atom. The number of benzene rings is 1. The van der Waals surface area contributed by atoms with E-state index in [2.05, 4.69) is 15.5 Å². The second-order valence-electron chi connectivity index (χ2n) is 5.57. The molecule has 0 saturated carbocycles. The quantitative estimate of drug-likeness (QED) is 0.796. The van der Waals surface area contributed by atoms with Gasteiger partial charge in [0.2, 0.25) is 5.91 Å². The highest BCUT2D eigenvalue weighted by molar-refractivity contribution is 7.99. The number of carbonyl (C=O) groups is 1. The molecule has 1 aliphatic rings. The Hall–Kier alpha value is -1.57. The summed E-state index contributed by atoms with van der Waals surface area (Å²) in [6.45, 7) is 3.24. The average molecular weight is 367 g/mol. The topological polar surface area (TPSA) is 69.0 Å². The molecular formula is C16H19ClN4O2S. The van der Waals surface area contributed by atoms with Crippen molar-refractivity contribution in [1.82, 2.24) is 20.1 Å². The summed E-state index contributed by atoms with van der Waals surface area (Å²) in [7, 11) is 0. The van der Waals surface area contributed by atoms with E-state index in [0.29, 0.717) is 22.5 Å². The summed E-state index contributed by atoms with van der Waals surface area (Å²) in [4.78, 5) is 12.0. The van der Waals surface area contributed by atoms with Crippen LogP contribution in [0.5, 0.6) is 0 Å². The summed E-state index contributed by atoms with van der Waals surface area (Å²) in [6, 6.07) is 7.44. The maximum atomic E-state index is 12.0. The molecule has 3 rings (SSSR count). The number of aryl methyl sites for hydroxylation is 1. The maximum Gasteiger partial charge on any atom is 0.230 e. The van der Waals surface area contributed by atoms with Crippen molar-refractivity contribution in [3.8, 4) is 5.69 Å². The lowest BCUT2D eigenvalue weighted by atomic mass is 10.2. The van der Waals surface area contributed by atoms with Gasteiger partial charge in [0, 0.05) is 23.9 Å². The molecule has 1 atom stereocenters. The van der Waals surface area contributed by atoms with Gasteiger partial charge < -0.3 is 10.1 Å². The van der Waals surface area contributed by atoms with Crippen LogP contribution in [0.4, 0.5) is 0 Å². The lowest BCUT2D eigenvalue weighted by molar-refractivity contribution is -0.119. The third-order valence-electron chi connectivity index (χ3n) is 3.76. The molecule has 1 aromatic carbocycles. The highest BCUT2D eigenvalue weighted by Crippen LogP contribution is 2.22. The fourth-order valence-electron chi connectivity index (χ4n) is 2.54. The van der Waals surface area contributed by atoms with E-state index in [1.807, 2.05) is 35.8 Å². The van der Waals surface area contributed by atoms with Crippen molar-refractivity contribution in [2.24, 2.45) is 0 Å². The molecule has 1 fully saturated rings. The summed E-state index contributed by atoms with van der Waals surface area (Å²) >= 11 is 7.30. The van der Waals surface area contributed by atoms with Gasteiger partial charge in [-0.05, 0) is 44.0 Å². The smallest absolute Gasteiger partial charge is 0.230 e. The molecule has 6 nitrogen and oxygen atoms in total. The molecule has 128 valence electrons. The number of halogens is 1. The van der Waals surface area contributed by atoms with Crippen molar-refractivity contribution in [1.29, 1.82) is 0 Å². The molecule has 1 amide bonds. The molecule has 1 N–H and O–H groups in total. The number of carbonyl (C=O) groups excluding carboxylic acids is 1. The Morgan fingerprint density at radius 2 is 2.21 bits per heavy atom. The highest BCUT2D eigenvalue weighted by atomic mass is 35.5. The van der Waals surface area contributed by atoms with Crippen LogP contribution in [-0.4, -0.2) is 45.7 Å². The lowest BCUT2D eigenvalue weighted by Crippen LogP contribution is -2.32. The standard InChI is InChI=1S/C16H19ClN4O2S/c1-11-19-20-16(21(11)13-6-4-12(17)5-7-13)24-10-15(22)18-9-14-3-2-8-23-14/h4-7,14H,2-3,8-10H2,1H3,(H,18,22)/t14-/m0/s1. The molecule has 2 aromatic rings. The Morgan fingerprint density at radius 1 is 1.42 bits per heavy atom. The molecule has 0 radical (unpaired) electrons. The average Bonchev–Trinajstić information content (AvgIpc) is 3.22. The van der Waals surface area contributed by atoms with Crippen molar-refractivity contribution in [3.05, 3.63) is 35.1 Å². The van der Waals surface area contributed by atoms with Gasteiger partial charge in [-0.15, -0.1) is 10.2 Å². The first-order valence-electron chi connectivity index (χ1n) is 7.82.